The van der Waals surface area contributed by atoms with E-state index in [1.54, 1.807) is 16.8 Å². The Balaban J connectivity index is 2.52. The van der Waals surface area contributed by atoms with Crippen LogP contribution in [0.3, 0.4) is 0 Å². The largest absolute Gasteiger partial charge is 0.506 e. The second-order valence-corrected chi connectivity index (χ2v) is 4.40. The molecule has 2 rings (SSSR count). The summed E-state index contributed by atoms with van der Waals surface area (Å²) in [5, 5.41) is 14.4. The number of benzene rings is 1. The van der Waals surface area contributed by atoms with E-state index in [1.165, 1.54) is 13.2 Å². The molecule has 0 atom stereocenters. The minimum Gasteiger partial charge on any atom is -0.506 e. The average molecular weight is 260 g/mol. The standard InChI is InChI=1S/C14H16N2O3/c1-8-9(2)15-16(10(8)3)12-6-5-11(7-13(12)17)14(18)19-4/h5-7,17H,1-4H3. The highest BCUT2D eigenvalue weighted by Crippen LogP contribution is 2.26. The van der Waals surface area contributed by atoms with Crippen molar-refractivity contribution in [3.05, 3.63) is 40.7 Å². The minimum atomic E-state index is -0.480. The number of phenols is 1. The molecule has 0 saturated carbocycles. The number of esters is 1. The molecule has 1 N–H and O–H groups in total. The molecule has 2 aromatic rings. The maximum atomic E-state index is 11.4. The number of aromatic nitrogens is 2. The molecule has 0 aliphatic rings. The highest BCUT2D eigenvalue weighted by molar-refractivity contribution is 5.90. The summed E-state index contributed by atoms with van der Waals surface area (Å²) in [6.07, 6.45) is 0. The molecule has 0 bridgehead atoms. The second-order valence-electron chi connectivity index (χ2n) is 4.40. The van der Waals surface area contributed by atoms with Crippen LogP contribution < -0.4 is 0 Å². The van der Waals surface area contributed by atoms with Gasteiger partial charge in [0, 0.05) is 5.69 Å². The van der Waals surface area contributed by atoms with Gasteiger partial charge in [-0.1, -0.05) is 0 Å². The molecule has 1 heterocycles. The van der Waals surface area contributed by atoms with Gasteiger partial charge in [-0.05, 0) is 44.5 Å². The molecule has 0 amide bonds. The Bertz CT molecular complexity index is 644. The van der Waals surface area contributed by atoms with Crippen LogP contribution in [0.15, 0.2) is 18.2 Å². The fourth-order valence-electron chi connectivity index (χ4n) is 1.90. The quantitative estimate of drug-likeness (QED) is 0.841. The Morgan fingerprint density at radius 1 is 1.32 bits per heavy atom. The van der Waals surface area contributed by atoms with E-state index in [1.807, 2.05) is 20.8 Å². The average Bonchev–Trinajstić information content (AvgIpc) is 2.65. The van der Waals surface area contributed by atoms with Gasteiger partial charge in [-0.3, -0.25) is 0 Å². The lowest BCUT2D eigenvalue weighted by Gasteiger charge is -2.08. The fraction of sp³-hybridized carbons (Fsp3) is 0.286. The topological polar surface area (TPSA) is 64.4 Å². The van der Waals surface area contributed by atoms with Crippen molar-refractivity contribution in [2.75, 3.05) is 7.11 Å². The Hall–Kier alpha value is -2.30. The van der Waals surface area contributed by atoms with Crippen LogP contribution in [0, 0.1) is 20.8 Å². The lowest BCUT2D eigenvalue weighted by molar-refractivity contribution is 0.0600. The normalized spacial score (nSPS) is 10.5. The Morgan fingerprint density at radius 2 is 2.00 bits per heavy atom. The molecule has 0 fully saturated rings. The maximum absolute atomic E-state index is 11.4. The molecule has 0 spiro atoms. The fourth-order valence-corrected chi connectivity index (χ4v) is 1.90. The van der Waals surface area contributed by atoms with Gasteiger partial charge in [-0.2, -0.15) is 5.10 Å². The Kier molecular flexibility index (Phi) is 3.29. The third-order valence-electron chi connectivity index (χ3n) is 3.28. The lowest BCUT2D eigenvalue weighted by Crippen LogP contribution is -2.04. The first-order valence-corrected chi connectivity index (χ1v) is 5.90. The van der Waals surface area contributed by atoms with Gasteiger partial charge in [-0.15, -0.1) is 0 Å². The first-order valence-electron chi connectivity index (χ1n) is 5.90. The summed E-state index contributed by atoms with van der Waals surface area (Å²) in [6, 6.07) is 4.64. The molecule has 1 aromatic heterocycles. The number of hydrogen-bond acceptors (Lipinski definition) is 4. The number of aromatic hydroxyl groups is 1. The smallest absolute Gasteiger partial charge is 0.337 e. The van der Waals surface area contributed by atoms with E-state index in [0.29, 0.717) is 11.3 Å². The lowest BCUT2D eigenvalue weighted by atomic mass is 10.2. The molecule has 1 aromatic carbocycles. The second kappa shape index (κ2) is 4.76. The van der Waals surface area contributed by atoms with E-state index < -0.39 is 5.97 Å². The van der Waals surface area contributed by atoms with E-state index in [9.17, 15) is 9.90 Å². The van der Waals surface area contributed by atoms with Crippen molar-refractivity contribution < 1.29 is 14.6 Å². The molecule has 5 nitrogen and oxygen atoms in total. The Morgan fingerprint density at radius 3 is 2.47 bits per heavy atom. The van der Waals surface area contributed by atoms with Gasteiger partial charge in [0.2, 0.25) is 0 Å². The van der Waals surface area contributed by atoms with E-state index >= 15 is 0 Å². The van der Waals surface area contributed by atoms with E-state index in [-0.39, 0.29) is 5.75 Å². The first kappa shape index (κ1) is 13.1. The predicted molar refractivity (Wildman–Crippen MR) is 70.8 cm³/mol. The zero-order valence-electron chi connectivity index (χ0n) is 11.4. The summed E-state index contributed by atoms with van der Waals surface area (Å²) in [5.41, 5.74) is 3.80. The molecule has 0 aliphatic heterocycles. The minimum absolute atomic E-state index is 0.00602. The van der Waals surface area contributed by atoms with Crippen LogP contribution >= 0.6 is 0 Å². The van der Waals surface area contributed by atoms with Gasteiger partial charge in [0.15, 0.2) is 0 Å². The van der Waals surface area contributed by atoms with E-state index in [2.05, 4.69) is 9.84 Å². The number of ether oxygens (including phenoxy) is 1. The Labute approximate surface area is 111 Å². The van der Waals surface area contributed by atoms with Gasteiger partial charge in [0.05, 0.1) is 18.4 Å². The van der Waals surface area contributed by atoms with Crippen molar-refractivity contribution in [2.45, 2.75) is 20.8 Å². The zero-order chi connectivity index (χ0) is 14.2. The molecular weight excluding hydrogens is 244 g/mol. The van der Waals surface area contributed by atoms with Crippen LogP contribution in [0.2, 0.25) is 0 Å². The van der Waals surface area contributed by atoms with Gasteiger partial charge in [-0.25, -0.2) is 9.48 Å². The zero-order valence-corrected chi connectivity index (χ0v) is 11.4. The van der Waals surface area contributed by atoms with Crippen molar-refractivity contribution >= 4 is 5.97 Å². The third kappa shape index (κ3) is 2.19. The number of methoxy groups -OCH3 is 1. The van der Waals surface area contributed by atoms with Crippen molar-refractivity contribution in [3.8, 4) is 11.4 Å². The number of carbonyl (C=O) groups is 1. The maximum Gasteiger partial charge on any atom is 0.337 e. The highest BCUT2D eigenvalue weighted by Gasteiger charge is 2.14. The predicted octanol–water partition coefficient (Wildman–Crippen LogP) is 2.29. The molecular formula is C14H16N2O3. The third-order valence-corrected chi connectivity index (χ3v) is 3.28. The van der Waals surface area contributed by atoms with Crippen LogP contribution in [0.1, 0.15) is 27.3 Å². The summed E-state index contributed by atoms with van der Waals surface area (Å²) in [4.78, 5) is 11.4. The van der Waals surface area contributed by atoms with Crippen molar-refractivity contribution in [3.63, 3.8) is 0 Å². The van der Waals surface area contributed by atoms with Crippen molar-refractivity contribution in [2.24, 2.45) is 0 Å². The SMILES string of the molecule is COC(=O)c1ccc(-n2nc(C)c(C)c2C)c(O)c1. The molecule has 100 valence electrons. The van der Waals surface area contributed by atoms with Crippen LogP contribution in [0.25, 0.3) is 5.69 Å². The van der Waals surface area contributed by atoms with Gasteiger partial charge in [0.1, 0.15) is 11.4 Å². The molecule has 0 saturated heterocycles. The van der Waals surface area contributed by atoms with Gasteiger partial charge in [0.25, 0.3) is 0 Å². The van der Waals surface area contributed by atoms with Crippen LogP contribution in [0.5, 0.6) is 5.75 Å². The summed E-state index contributed by atoms with van der Waals surface area (Å²) < 4.78 is 6.28. The molecule has 0 radical (unpaired) electrons. The molecule has 19 heavy (non-hydrogen) atoms. The number of aryl methyl sites for hydroxylation is 1. The van der Waals surface area contributed by atoms with Gasteiger partial charge < -0.3 is 9.84 Å². The van der Waals surface area contributed by atoms with Crippen molar-refractivity contribution in [1.82, 2.24) is 9.78 Å². The summed E-state index contributed by atoms with van der Waals surface area (Å²) in [6.45, 7) is 5.83. The summed E-state index contributed by atoms with van der Waals surface area (Å²) in [5.74, 6) is -0.486. The van der Waals surface area contributed by atoms with Crippen LogP contribution in [-0.2, 0) is 4.74 Å². The number of carbonyl (C=O) groups excluding carboxylic acids is 1. The van der Waals surface area contributed by atoms with Crippen LogP contribution in [-0.4, -0.2) is 28.0 Å². The molecule has 0 aliphatic carbocycles. The van der Waals surface area contributed by atoms with E-state index in [0.717, 1.165) is 17.0 Å². The molecule has 5 heteroatoms. The van der Waals surface area contributed by atoms with Gasteiger partial charge >= 0.3 is 5.97 Å². The number of phenolic OH excluding ortho intramolecular Hbond substituents is 1. The van der Waals surface area contributed by atoms with Crippen LogP contribution in [0.4, 0.5) is 0 Å². The number of nitrogens with zero attached hydrogens (tertiary/aromatic N) is 2. The molecule has 0 unspecified atom stereocenters. The highest BCUT2D eigenvalue weighted by atomic mass is 16.5. The summed E-state index contributed by atoms with van der Waals surface area (Å²) >= 11 is 0. The number of hydrogen-bond donors (Lipinski definition) is 1. The number of rotatable bonds is 2. The summed E-state index contributed by atoms with van der Waals surface area (Å²) in [7, 11) is 1.30. The van der Waals surface area contributed by atoms with Crippen molar-refractivity contribution in [1.29, 1.82) is 0 Å². The first-order chi connectivity index (χ1) is 8.95. The van der Waals surface area contributed by atoms with E-state index in [4.69, 9.17) is 0 Å². The monoisotopic (exact) mass is 260 g/mol.